The Morgan fingerprint density at radius 3 is 2.42 bits per heavy atom. The first-order valence-corrected chi connectivity index (χ1v) is 7.58. The number of para-hydroxylation sites is 1. The second kappa shape index (κ2) is 6.26. The number of carbonyl (C=O) groups excluding carboxylic acids is 2. The number of aromatic nitrogens is 1. The summed E-state index contributed by atoms with van der Waals surface area (Å²) in [6, 6.07) is 7.42. The Morgan fingerprint density at radius 2 is 1.75 bits per heavy atom. The Hall–Kier alpha value is -2.38. The van der Waals surface area contributed by atoms with Crippen molar-refractivity contribution in [2.75, 3.05) is 21.3 Å². The maximum Gasteiger partial charge on any atom is 0.338 e. The van der Waals surface area contributed by atoms with Gasteiger partial charge in [0.2, 0.25) is 0 Å². The topological polar surface area (TPSA) is 70.0 Å². The van der Waals surface area contributed by atoms with Gasteiger partial charge >= 0.3 is 11.9 Å². The molecule has 0 saturated carbocycles. The molecular weight excluding hydrogens is 312 g/mol. The first kappa shape index (κ1) is 16.5. The maximum atomic E-state index is 12.4. The minimum absolute atomic E-state index is 0.451. The molecule has 3 rings (SSSR count). The molecule has 1 aromatic carbocycles. The second-order valence-corrected chi connectivity index (χ2v) is 5.80. The largest absolute Gasteiger partial charge is 0.469 e. The summed E-state index contributed by atoms with van der Waals surface area (Å²) >= 11 is 0. The van der Waals surface area contributed by atoms with Crippen molar-refractivity contribution >= 4 is 22.8 Å². The van der Waals surface area contributed by atoms with E-state index in [1.807, 2.05) is 42.1 Å². The molecule has 0 aliphatic carbocycles. The molecule has 24 heavy (non-hydrogen) atoms. The summed E-state index contributed by atoms with van der Waals surface area (Å²) in [6.07, 6.45) is 0.918. The van der Waals surface area contributed by atoms with E-state index in [0.29, 0.717) is 0 Å². The van der Waals surface area contributed by atoms with Gasteiger partial charge in [0.15, 0.2) is 6.10 Å². The van der Waals surface area contributed by atoms with E-state index in [-0.39, 0.29) is 0 Å². The molecular formula is C17H20N2O5. The molecule has 2 heterocycles. The maximum absolute atomic E-state index is 12.4. The van der Waals surface area contributed by atoms with Crippen molar-refractivity contribution in [2.45, 2.75) is 12.1 Å². The third-order valence-electron chi connectivity index (χ3n) is 4.49. The number of rotatable bonds is 3. The lowest BCUT2D eigenvalue weighted by Crippen LogP contribution is -2.35. The molecule has 2 aromatic rings. The molecule has 7 heteroatoms. The third-order valence-corrected chi connectivity index (χ3v) is 4.49. The molecule has 7 nitrogen and oxygen atoms in total. The first-order chi connectivity index (χ1) is 11.5. The van der Waals surface area contributed by atoms with Crippen LogP contribution in [0.5, 0.6) is 0 Å². The van der Waals surface area contributed by atoms with Crippen molar-refractivity contribution < 1.29 is 23.9 Å². The van der Waals surface area contributed by atoms with Crippen LogP contribution in [-0.2, 0) is 30.9 Å². The van der Waals surface area contributed by atoms with Crippen molar-refractivity contribution in [2.24, 2.45) is 13.0 Å². The molecule has 1 aliphatic heterocycles. The zero-order valence-electron chi connectivity index (χ0n) is 14.1. The molecule has 0 N–H and O–H groups in total. The summed E-state index contributed by atoms with van der Waals surface area (Å²) in [5, 5.41) is 2.53. The van der Waals surface area contributed by atoms with Gasteiger partial charge in [-0.2, -0.15) is 5.06 Å². The number of fused-ring (bicyclic) bond motifs is 1. The number of nitrogens with zero attached hydrogens (tertiary/aromatic N) is 2. The van der Waals surface area contributed by atoms with Gasteiger partial charge in [-0.1, -0.05) is 18.2 Å². The number of benzene rings is 1. The van der Waals surface area contributed by atoms with Crippen LogP contribution in [0.4, 0.5) is 0 Å². The van der Waals surface area contributed by atoms with Gasteiger partial charge in [-0.25, -0.2) is 4.79 Å². The summed E-state index contributed by atoms with van der Waals surface area (Å²) < 4.78 is 11.7. The Kier molecular flexibility index (Phi) is 4.29. The molecule has 0 radical (unpaired) electrons. The summed E-state index contributed by atoms with van der Waals surface area (Å²) in [5.74, 6) is -1.91. The molecule has 0 amide bonds. The number of methoxy groups -OCH3 is 2. The third kappa shape index (κ3) is 2.46. The van der Waals surface area contributed by atoms with Crippen LogP contribution >= 0.6 is 0 Å². The van der Waals surface area contributed by atoms with Gasteiger partial charge in [0.05, 0.1) is 20.3 Å². The van der Waals surface area contributed by atoms with Crippen molar-refractivity contribution in [1.82, 2.24) is 9.63 Å². The van der Waals surface area contributed by atoms with Crippen LogP contribution in [-0.4, -0.2) is 48.9 Å². The molecule has 1 saturated heterocycles. The highest BCUT2D eigenvalue weighted by Crippen LogP contribution is 2.42. The van der Waals surface area contributed by atoms with Gasteiger partial charge < -0.3 is 14.0 Å². The quantitative estimate of drug-likeness (QED) is 0.792. The van der Waals surface area contributed by atoms with Crippen molar-refractivity contribution in [3.8, 4) is 0 Å². The van der Waals surface area contributed by atoms with Crippen molar-refractivity contribution in [3.63, 3.8) is 0 Å². The fraction of sp³-hybridized carbons (Fsp3) is 0.412. The lowest BCUT2D eigenvalue weighted by atomic mass is 9.89. The highest BCUT2D eigenvalue weighted by atomic mass is 16.7. The number of hydrogen-bond acceptors (Lipinski definition) is 6. The van der Waals surface area contributed by atoms with Crippen molar-refractivity contribution in [3.05, 3.63) is 36.0 Å². The summed E-state index contributed by atoms with van der Waals surface area (Å²) in [5.41, 5.74) is 1.93. The minimum Gasteiger partial charge on any atom is -0.469 e. The molecule has 1 aliphatic rings. The summed E-state index contributed by atoms with van der Waals surface area (Å²) in [4.78, 5) is 30.0. The number of hydrogen-bond donors (Lipinski definition) is 0. The molecule has 3 atom stereocenters. The van der Waals surface area contributed by atoms with E-state index in [0.717, 1.165) is 16.5 Å². The van der Waals surface area contributed by atoms with Gasteiger partial charge in [-0.3, -0.25) is 9.63 Å². The number of aryl methyl sites for hydroxylation is 1. The van der Waals surface area contributed by atoms with E-state index in [2.05, 4.69) is 0 Å². The average Bonchev–Trinajstić information content (AvgIpc) is 3.11. The molecule has 0 spiro atoms. The highest BCUT2D eigenvalue weighted by molar-refractivity contribution is 5.88. The second-order valence-electron chi connectivity index (χ2n) is 5.80. The average molecular weight is 332 g/mol. The standard InChI is InChI=1S/C17H20N2O5/c1-18-9-11(10-7-5-6-8-12(10)18)14-13(16(20)22-3)15(17(21)23-4)24-19(14)2/h5-9,13-15H,1-4H3/t13-,14-,15+/m0/s1. The Labute approximate surface area is 139 Å². The molecule has 0 bridgehead atoms. The fourth-order valence-electron chi connectivity index (χ4n) is 3.39. The zero-order chi connectivity index (χ0) is 17.4. The van der Waals surface area contributed by atoms with Crippen LogP contribution in [0.3, 0.4) is 0 Å². The Morgan fingerprint density at radius 1 is 1.08 bits per heavy atom. The summed E-state index contributed by atoms with van der Waals surface area (Å²) in [7, 11) is 6.21. The smallest absolute Gasteiger partial charge is 0.338 e. The molecule has 1 aromatic heterocycles. The fourth-order valence-corrected chi connectivity index (χ4v) is 3.39. The van der Waals surface area contributed by atoms with Gasteiger partial charge in [-0.05, 0) is 11.6 Å². The van der Waals surface area contributed by atoms with Gasteiger partial charge in [0, 0.05) is 31.2 Å². The predicted molar refractivity (Wildman–Crippen MR) is 85.8 cm³/mol. The van der Waals surface area contributed by atoms with E-state index in [1.54, 1.807) is 7.05 Å². The van der Waals surface area contributed by atoms with E-state index >= 15 is 0 Å². The number of hydroxylamine groups is 2. The first-order valence-electron chi connectivity index (χ1n) is 7.58. The predicted octanol–water partition coefficient (Wildman–Crippen LogP) is 1.43. The van der Waals surface area contributed by atoms with Crippen LogP contribution in [0.25, 0.3) is 10.9 Å². The zero-order valence-corrected chi connectivity index (χ0v) is 14.1. The van der Waals surface area contributed by atoms with Gasteiger partial charge in [-0.15, -0.1) is 0 Å². The van der Waals surface area contributed by atoms with Crippen LogP contribution in [0, 0.1) is 5.92 Å². The lowest BCUT2D eigenvalue weighted by molar-refractivity contribution is -0.182. The van der Waals surface area contributed by atoms with Crippen LogP contribution in [0.15, 0.2) is 30.5 Å². The normalized spacial score (nSPS) is 24.2. The van der Waals surface area contributed by atoms with Crippen LogP contribution in [0.2, 0.25) is 0 Å². The van der Waals surface area contributed by atoms with E-state index in [1.165, 1.54) is 19.3 Å². The highest BCUT2D eigenvalue weighted by Gasteiger charge is 2.52. The van der Waals surface area contributed by atoms with E-state index in [9.17, 15) is 9.59 Å². The molecule has 128 valence electrons. The van der Waals surface area contributed by atoms with Crippen LogP contribution < -0.4 is 0 Å². The van der Waals surface area contributed by atoms with Crippen molar-refractivity contribution in [1.29, 1.82) is 0 Å². The van der Waals surface area contributed by atoms with Gasteiger partial charge in [0.25, 0.3) is 0 Å². The number of esters is 2. The van der Waals surface area contributed by atoms with E-state index < -0.39 is 30.0 Å². The molecule has 0 unspecified atom stereocenters. The number of carbonyl (C=O) groups is 2. The Balaban J connectivity index is 2.12. The summed E-state index contributed by atoms with van der Waals surface area (Å²) in [6.45, 7) is 0. The monoisotopic (exact) mass is 332 g/mol. The SMILES string of the molecule is COC(=O)[C@@H]1[C@H](C(=O)OC)ON(C)[C@H]1c1cn(C)c2ccccc12. The van der Waals surface area contributed by atoms with E-state index in [4.69, 9.17) is 14.3 Å². The molecule has 1 fully saturated rings. The Bertz CT molecular complexity index is 784. The lowest BCUT2D eigenvalue weighted by Gasteiger charge is -2.21. The number of ether oxygens (including phenoxy) is 2. The van der Waals surface area contributed by atoms with Crippen LogP contribution in [0.1, 0.15) is 11.6 Å². The minimum atomic E-state index is -1.03. The van der Waals surface area contributed by atoms with Gasteiger partial charge in [0.1, 0.15) is 5.92 Å².